The highest BCUT2D eigenvalue weighted by atomic mass is 16.2. The average molecular weight is 171 g/mol. The predicted molar refractivity (Wildman–Crippen MR) is 43.3 cm³/mol. The number of nitrogens with two attached hydrogens (primary N) is 1. The molecule has 0 spiro atoms. The van der Waals surface area contributed by atoms with Crippen LogP contribution >= 0.6 is 0 Å². The molecule has 1 fully saturated rings. The molecule has 0 saturated carbocycles. The molecule has 4 N–H and O–H groups in total. The first-order valence-corrected chi connectivity index (χ1v) is 4.01. The minimum Gasteiger partial charge on any atom is -0.351 e. The summed E-state index contributed by atoms with van der Waals surface area (Å²) in [7, 11) is 0. The van der Waals surface area contributed by atoms with E-state index in [-0.39, 0.29) is 11.8 Å². The van der Waals surface area contributed by atoms with Crippen LogP contribution in [0.1, 0.15) is 12.8 Å². The molecule has 3 amide bonds. The number of piperidine rings is 1. The first-order chi connectivity index (χ1) is 5.70. The Kier molecular flexibility index (Phi) is 3.04. The Labute approximate surface area is 70.7 Å². The van der Waals surface area contributed by atoms with Crippen molar-refractivity contribution in [3.8, 4) is 0 Å². The Morgan fingerprint density at radius 3 is 2.75 bits per heavy atom. The summed E-state index contributed by atoms with van der Waals surface area (Å²) in [5.74, 6) is -0.374. The Morgan fingerprint density at radius 2 is 2.25 bits per heavy atom. The summed E-state index contributed by atoms with van der Waals surface area (Å²) in [4.78, 5) is 21.5. The van der Waals surface area contributed by atoms with E-state index in [1.807, 2.05) is 0 Å². The third-order valence-electron chi connectivity index (χ3n) is 1.91. The van der Waals surface area contributed by atoms with Gasteiger partial charge in [-0.15, -0.1) is 0 Å². The standard InChI is InChI=1S/C7H13N3O2/c8-7(12)10-6(11)5-2-1-3-9-4-5/h5,9H,1-4H2,(H3,8,10,11,12)/t5-/m0/s1. The Bertz CT molecular complexity index is 187. The molecule has 5 nitrogen and oxygen atoms in total. The molecule has 0 unspecified atom stereocenters. The summed E-state index contributed by atoms with van der Waals surface area (Å²) in [6.07, 6.45) is 1.79. The van der Waals surface area contributed by atoms with Gasteiger partial charge < -0.3 is 11.1 Å². The minimum absolute atomic E-state index is 0.105. The van der Waals surface area contributed by atoms with E-state index in [1.54, 1.807) is 0 Å². The van der Waals surface area contributed by atoms with E-state index in [4.69, 9.17) is 5.73 Å². The van der Waals surface area contributed by atoms with Crippen molar-refractivity contribution in [2.24, 2.45) is 11.7 Å². The van der Waals surface area contributed by atoms with E-state index in [0.717, 1.165) is 19.4 Å². The van der Waals surface area contributed by atoms with Crippen LogP contribution in [0.2, 0.25) is 0 Å². The van der Waals surface area contributed by atoms with Gasteiger partial charge in [0, 0.05) is 6.54 Å². The van der Waals surface area contributed by atoms with Crippen LogP contribution in [0.4, 0.5) is 4.79 Å². The fourth-order valence-electron chi connectivity index (χ4n) is 1.30. The van der Waals surface area contributed by atoms with Crippen molar-refractivity contribution in [3.05, 3.63) is 0 Å². The van der Waals surface area contributed by atoms with E-state index in [2.05, 4.69) is 10.6 Å². The molecule has 1 rings (SSSR count). The fourth-order valence-corrected chi connectivity index (χ4v) is 1.30. The number of primary amides is 1. The van der Waals surface area contributed by atoms with Crippen molar-refractivity contribution in [1.29, 1.82) is 0 Å². The molecule has 0 aromatic heterocycles. The molecule has 1 heterocycles. The molecule has 0 aromatic carbocycles. The van der Waals surface area contributed by atoms with Crippen molar-refractivity contribution in [1.82, 2.24) is 10.6 Å². The highest BCUT2D eigenvalue weighted by molar-refractivity contribution is 5.94. The Hall–Kier alpha value is -1.10. The first kappa shape index (κ1) is 8.99. The second-order valence-electron chi connectivity index (χ2n) is 2.90. The molecular formula is C7H13N3O2. The molecule has 0 aromatic rings. The van der Waals surface area contributed by atoms with Gasteiger partial charge in [-0.3, -0.25) is 10.1 Å². The lowest BCUT2D eigenvalue weighted by Crippen LogP contribution is -2.44. The molecule has 0 radical (unpaired) electrons. The van der Waals surface area contributed by atoms with Gasteiger partial charge in [0.15, 0.2) is 0 Å². The van der Waals surface area contributed by atoms with E-state index in [1.165, 1.54) is 0 Å². The predicted octanol–water partition coefficient (Wildman–Crippen LogP) is -0.819. The smallest absolute Gasteiger partial charge is 0.318 e. The van der Waals surface area contributed by atoms with Crippen molar-refractivity contribution < 1.29 is 9.59 Å². The molecule has 12 heavy (non-hydrogen) atoms. The second-order valence-corrected chi connectivity index (χ2v) is 2.90. The van der Waals surface area contributed by atoms with E-state index >= 15 is 0 Å². The van der Waals surface area contributed by atoms with Crippen LogP contribution in [0.3, 0.4) is 0 Å². The fraction of sp³-hybridized carbons (Fsp3) is 0.714. The van der Waals surface area contributed by atoms with Crippen LogP contribution in [0.5, 0.6) is 0 Å². The Balaban J connectivity index is 2.34. The van der Waals surface area contributed by atoms with Crippen molar-refractivity contribution in [2.75, 3.05) is 13.1 Å². The zero-order chi connectivity index (χ0) is 8.97. The van der Waals surface area contributed by atoms with Crippen LogP contribution in [0.15, 0.2) is 0 Å². The number of carbonyl (C=O) groups excluding carboxylic acids is 2. The highest BCUT2D eigenvalue weighted by Crippen LogP contribution is 2.09. The minimum atomic E-state index is -0.773. The lowest BCUT2D eigenvalue weighted by molar-refractivity contribution is -0.124. The topological polar surface area (TPSA) is 84.2 Å². The van der Waals surface area contributed by atoms with Crippen LogP contribution in [-0.2, 0) is 4.79 Å². The largest absolute Gasteiger partial charge is 0.351 e. The Morgan fingerprint density at radius 1 is 1.50 bits per heavy atom. The van der Waals surface area contributed by atoms with E-state index < -0.39 is 6.03 Å². The lowest BCUT2D eigenvalue weighted by Gasteiger charge is -2.20. The first-order valence-electron chi connectivity index (χ1n) is 4.01. The van der Waals surface area contributed by atoms with Crippen molar-refractivity contribution in [3.63, 3.8) is 0 Å². The number of carbonyl (C=O) groups is 2. The second kappa shape index (κ2) is 4.06. The third kappa shape index (κ3) is 2.50. The van der Waals surface area contributed by atoms with Crippen LogP contribution in [-0.4, -0.2) is 25.0 Å². The number of amides is 3. The van der Waals surface area contributed by atoms with Crippen molar-refractivity contribution >= 4 is 11.9 Å². The third-order valence-corrected chi connectivity index (χ3v) is 1.91. The van der Waals surface area contributed by atoms with Gasteiger partial charge in [0.25, 0.3) is 0 Å². The molecule has 0 aliphatic carbocycles. The van der Waals surface area contributed by atoms with Gasteiger partial charge in [0.05, 0.1) is 5.92 Å². The molecule has 0 bridgehead atoms. The van der Waals surface area contributed by atoms with Gasteiger partial charge in [-0.2, -0.15) is 0 Å². The summed E-state index contributed by atoms with van der Waals surface area (Å²) in [6.45, 7) is 1.58. The SMILES string of the molecule is NC(=O)NC(=O)[C@H]1CCCNC1. The molecule has 68 valence electrons. The van der Waals surface area contributed by atoms with Crippen molar-refractivity contribution in [2.45, 2.75) is 12.8 Å². The molecule has 1 aliphatic heterocycles. The van der Waals surface area contributed by atoms with Gasteiger partial charge in [-0.1, -0.05) is 0 Å². The average Bonchev–Trinajstić information content (AvgIpc) is 2.05. The zero-order valence-corrected chi connectivity index (χ0v) is 6.80. The van der Waals surface area contributed by atoms with E-state index in [0.29, 0.717) is 6.54 Å². The summed E-state index contributed by atoms with van der Waals surface area (Å²) < 4.78 is 0. The zero-order valence-electron chi connectivity index (χ0n) is 6.80. The maximum atomic E-state index is 11.2. The number of hydrogen-bond acceptors (Lipinski definition) is 3. The molecule has 1 saturated heterocycles. The maximum Gasteiger partial charge on any atom is 0.318 e. The number of hydrogen-bond donors (Lipinski definition) is 3. The maximum absolute atomic E-state index is 11.2. The van der Waals surface area contributed by atoms with Gasteiger partial charge in [-0.05, 0) is 19.4 Å². The van der Waals surface area contributed by atoms with Gasteiger partial charge >= 0.3 is 6.03 Å². The summed E-state index contributed by atoms with van der Waals surface area (Å²) in [5.41, 5.74) is 4.81. The van der Waals surface area contributed by atoms with Gasteiger partial charge in [-0.25, -0.2) is 4.79 Å². The number of imide groups is 1. The molecule has 1 atom stereocenters. The summed E-state index contributed by atoms with van der Waals surface area (Å²) >= 11 is 0. The van der Waals surface area contributed by atoms with E-state index in [9.17, 15) is 9.59 Å². The normalized spacial score (nSPS) is 23.2. The summed E-state index contributed by atoms with van der Waals surface area (Å²) in [5, 5.41) is 5.15. The van der Waals surface area contributed by atoms with Gasteiger partial charge in [0.1, 0.15) is 0 Å². The number of nitrogens with one attached hydrogen (secondary N) is 2. The molecule has 5 heteroatoms. The summed E-state index contributed by atoms with van der Waals surface area (Å²) in [6, 6.07) is -0.773. The quantitative estimate of drug-likeness (QED) is 0.482. The number of rotatable bonds is 1. The van der Waals surface area contributed by atoms with Gasteiger partial charge in [0.2, 0.25) is 5.91 Å². The lowest BCUT2D eigenvalue weighted by atomic mass is 9.99. The highest BCUT2D eigenvalue weighted by Gasteiger charge is 2.21. The van der Waals surface area contributed by atoms with Crippen LogP contribution in [0, 0.1) is 5.92 Å². The van der Waals surface area contributed by atoms with Crippen LogP contribution in [0.25, 0.3) is 0 Å². The van der Waals surface area contributed by atoms with Crippen LogP contribution < -0.4 is 16.4 Å². The molecule has 1 aliphatic rings. The molecular weight excluding hydrogens is 158 g/mol. The monoisotopic (exact) mass is 171 g/mol. The number of urea groups is 1.